The molecule has 1 saturated carbocycles. The van der Waals surface area contributed by atoms with Crippen molar-refractivity contribution < 1.29 is 0 Å². The van der Waals surface area contributed by atoms with Crippen molar-refractivity contribution in [1.29, 1.82) is 0 Å². The summed E-state index contributed by atoms with van der Waals surface area (Å²) in [5, 5.41) is 8.31. The summed E-state index contributed by atoms with van der Waals surface area (Å²) in [6, 6.07) is 10.0. The monoisotopic (exact) mass is 358 g/mol. The maximum atomic E-state index is 12.0. The van der Waals surface area contributed by atoms with E-state index in [1.807, 2.05) is 25.1 Å². The van der Waals surface area contributed by atoms with Gasteiger partial charge in [0.05, 0.1) is 11.3 Å². The largest absolute Gasteiger partial charge is 0.325 e. The fourth-order valence-electron chi connectivity index (χ4n) is 3.09. The van der Waals surface area contributed by atoms with Crippen LogP contribution in [0.4, 0.5) is 0 Å². The van der Waals surface area contributed by atoms with Gasteiger partial charge >= 0.3 is 5.69 Å². The fraction of sp³-hybridized carbons (Fsp3) is 0.238. The SMILES string of the molecule is Cc1ccc(C#CC2CC2c2cc(-c3c[nH]c(=O)[nH]c3=O)nnc2C)cc1. The molecule has 2 aromatic heterocycles. The van der Waals surface area contributed by atoms with Crippen LogP contribution in [0.5, 0.6) is 0 Å². The lowest BCUT2D eigenvalue weighted by molar-refractivity contribution is 0.912. The number of aromatic amines is 2. The Balaban J connectivity index is 1.59. The molecular formula is C21H18N4O2. The first-order chi connectivity index (χ1) is 13.0. The number of H-pyrrole nitrogens is 2. The Morgan fingerprint density at radius 3 is 2.63 bits per heavy atom. The van der Waals surface area contributed by atoms with Crippen LogP contribution in [-0.4, -0.2) is 20.2 Å². The molecule has 0 amide bonds. The van der Waals surface area contributed by atoms with E-state index >= 15 is 0 Å². The van der Waals surface area contributed by atoms with Crippen LogP contribution >= 0.6 is 0 Å². The van der Waals surface area contributed by atoms with Crippen molar-refractivity contribution >= 4 is 0 Å². The van der Waals surface area contributed by atoms with Crippen molar-refractivity contribution in [3.8, 4) is 23.1 Å². The number of rotatable bonds is 2. The molecule has 6 nitrogen and oxygen atoms in total. The second-order valence-electron chi connectivity index (χ2n) is 6.84. The molecule has 6 heteroatoms. The van der Waals surface area contributed by atoms with Gasteiger partial charge in [-0.05, 0) is 44.0 Å². The van der Waals surface area contributed by atoms with Crippen LogP contribution in [0.15, 0.2) is 46.1 Å². The predicted molar refractivity (Wildman–Crippen MR) is 102 cm³/mol. The number of nitrogens with one attached hydrogen (secondary N) is 2. The van der Waals surface area contributed by atoms with Gasteiger partial charge in [0.25, 0.3) is 5.56 Å². The van der Waals surface area contributed by atoms with Gasteiger partial charge in [0.15, 0.2) is 0 Å². The Hall–Kier alpha value is -3.46. The molecule has 0 spiro atoms. The van der Waals surface area contributed by atoms with Crippen LogP contribution in [0.2, 0.25) is 0 Å². The highest BCUT2D eigenvalue weighted by Gasteiger charge is 2.38. The van der Waals surface area contributed by atoms with Crippen LogP contribution in [0.3, 0.4) is 0 Å². The van der Waals surface area contributed by atoms with Gasteiger partial charge in [-0.25, -0.2) is 4.79 Å². The van der Waals surface area contributed by atoms with Gasteiger partial charge in [-0.15, -0.1) is 5.10 Å². The minimum atomic E-state index is -0.544. The number of aromatic nitrogens is 4. The molecule has 27 heavy (non-hydrogen) atoms. The van der Waals surface area contributed by atoms with Gasteiger partial charge in [-0.2, -0.15) is 5.10 Å². The first kappa shape index (κ1) is 17.0. The molecule has 0 radical (unpaired) electrons. The van der Waals surface area contributed by atoms with E-state index in [0.29, 0.717) is 17.2 Å². The molecule has 3 aromatic rings. The lowest BCUT2D eigenvalue weighted by atomic mass is 10.1. The maximum Gasteiger partial charge on any atom is 0.325 e. The Morgan fingerprint density at radius 2 is 1.89 bits per heavy atom. The van der Waals surface area contributed by atoms with E-state index in [-0.39, 0.29) is 5.92 Å². The van der Waals surface area contributed by atoms with Crippen molar-refractivity contribution in [2.45, 2.75) is 26.2 Å². The highest BCUT2D eigenvalue weighted by molar-refractivity contribution is 5.58. The van der Waals surface area contributed by atoms with Crippen LogP contribution in [-0.2, 0) is 0 Å². The van der Waals surface area contributed by atoms with E-state index in [9.17, 15) is 9.59 Å². The average molecular weight is 358 g/mol. The molecule has 1 aliphatic carbocycles. The van der Waals surface area contributed by atoms with Gasteiger partial charge in [-0.3, -0.25) is 9.78 Å². The number of hydrogen-bond acceptors (Lipinski definition) is 4. The Bertz CT molecular complexity index is 1180. The second kappa shape index (κ2) is 6.69. The van der Waals surface area contributed by atoms with E-state index in [0.717, 1.165) is 23.2 Å². The molecule has 134 valence electrons. The molecule has 0 saturated heterocycles. The van der Waals surface area contributed by atoms with Crippen molar-refractivity contribution in [3.05, 3.63) is 79.8 Å². The van der Waals surface area contributed by atoms with Gasteiger partial charge < -0.3 is 4.98 Å². The van der Waals surface area contributed by atoms with Crippen LogP contribution < -0.4 is 11.2 Å². The number of benzene rings is 1. The first-order valence-corrected chi connectivity index (χ1v) is 8.76. The lowest BCUT2D eigenvalue weighted by Crippen LogP contribution is -2.23. The van der Waals surface area contributed by atoms with Crippen molar-refractivity contribution in [1.82, 2.24) is 20.2 Å². The molecule has 0 bridgehead atoms. The van der Waals surface area contributed by atoms with E-state index in [4.69, 9.17) is 0 Å². The van der Waals surface area contributed by atoms with E-state index < -0.39 is 11.2 Å². The zero-order valence-corrected chi connectivity index (χ0v) is 15.0. The highest BCUT2D eigenvalue weighted by Crippen LogP contribution is 2.48. The molecule has 2 N–H and O–H groups in total. The Labute approximate surface area is 155 Å². The molecule has 2 atom stereocenters. The molecule has 1 aromatic carbocycles. The summed E-state index contributed by atoms with van der Waals surface area (Å²) >= 11 is 0. The van der Waals surface area contributed by atoms with Gasteiger partial charge in [0.2, 0.25) is 0 Å². The number of aryl methyl sites for hydroxylation is 2. The summed E-state index contributed by atoms with van der Waals surface area (Å²) in [6.07, 6.45) is 2.33. The zero-order chi connectivity index (χ0) is 19.0. The standard InChI is InChI=1S/C21H18N4O2/c1-12-3-5-14(6-4-12)7-8-15-9-17(15)16-10-19(25-24-13(16)2)18-11-22-21(27)23-20(18)26/h3-6,10-11,15,17H,9H2,1-2H3,(H2,22,23,26,27). The zero-order valence-electron chi connectivity index (χ0n) is 15.0. The predicted octanol–water partition coefficient (Wildman–Crippen LogP) is 2.29. The first-order valence-electron chi connectivity index (χ1n) is 8.76. The summed E-state index contributed by atoms with van der Waals surface area (Å²) in [5.74, 6) is 7.13. The quantitative estimate of drug-likeness (QED) is 0.688. The Kier molecular flexibility index (Phi) is 4.21. The van der Waals surface area contributed by atoms with Gasteiger partial charge in [-0.1, -0.05) is 29.5 Å². The lowest BCUT2D eigenvalue weighted by Gasteiger charge is -2.05. The molecule has 4 rings (SSSR count). The molecule has 0 aliphatic heterocycles. The van der Waals surface area contributed by atoms with Gasteiger partial charge in [0, 0.05) is 23.6 Å². The van der Waals surface area contributed by atoms with Crippen LogP contribution in [0.1, 0.15) is 34.7 Å². The summed E-state index contributed by atoms with van der Waals surface area (Å²) < 4.78 is 0. The third kappa shape index (κ3) is 3.58. The molecule has 1 fully saturated rings. The summed E-state index contributed by atoms with van der Waals surface area (Å²) in [5.41, 5.74) is 3.84. The van der Waals surface area contributed by atoms with Crippen LogP contribution in [0, 0.1) is 31.6 Å². The minimum absolute atomic E-state index is 0.274. The number of nitrogens with zero attached hydrogens (tertiary/aromatic N) is 2. The fourth-order valence-corrected chi connectivity index (χ4v) is 3.09. The normalized spacial score (nSPS) is 17.9. The molecule has 2 unspecified atom stereocenters. The highest BCUT2D eigenvalue weighted by atomic mass is 16.2. The third-order valence-electron chi connectivity index (χ3n) is 4.76. The Morgan fingerprint density at radius 1 is 1.11 bits per heavy atom. The molecule has 2 heterocycles. The summed E-state index contributed by atoms with van der Waals surface area (Å²) in [6.45, 7) is 3.96. The van der Waals surface area contributed by atoms with Crippen molar-refractivity contribution in [3.63, 3.8) is 0 Å². The second-order valence-corrected chi connectivity index (χ2v) is 6.84. The third-order valence-corrected chi connectivity index (χ3v) is 4.76. The van der Waals surface area contributed by atoms with Gasteiger partial charge in [0.1, 0.15) is 5.69 Å². The molecular weight excluding hydrogens is 340 g/mol. The number of hydrogen-bond donors (Lipinski definition) is 2. The minimum Gasteiger partial charge on any atom is -0.313 e. The smallest absolute Gasteiger partial charge is 0.313 e. The summed E-state index contributed by atoms with van der Waals surface area (Å²) in [4.78, 5) is 27.9. The van der Waals surface area contributed by atoms with E-state index in [1.54, 1.807) is 0 Å². The van der Waals surface area contributed by atoms with Crippen molar-refractivity contribution in [2.24, 2.45) is 5.92 Å². The maximum absolute atomic E-state index is 12.0. The summed E-state index contributed by atoms with van der Waals surface area (Å²) in [7, 11) is 0. The van der Waals surface area contributed by atoms with Crippen molar-refractivity contribution in [2.75, 3.05) is 0 Å². The topological polar surface area (TPSA) is 91.5 Å². The average Bonchev–Trinajstić information content (AvgIpc) is 3.41. The van der Waals surface area contributed by atoms with Crippen LogP contribution in [0.25, 0.3) is 11.3 Å². The molecule has 1 aliphatic rings. The van der Waals surface area contributed by atoms with E-state index in [1.165, 1.54) is 11.8 Å². The van der Waals surface area contributed by atoms with E-state index in [2.05, 4.69) is 51.1 Å².